The molecular formula is C12H14ClN3OS2. The van der Waals surface area contributed by atoms with Gasteiger partial charge in [0.05, 0.1) is 15.0 Å². The van der Waals surface area contributed by atoms with Gasteiger partial charge in [0.25, 0.3) is 5.91 Å². The standard InChI is InChI=1S/C12H14ClN3OS2/c1-15-12(17)11-8(14)6-10(19-11)16-5-4-7-2-3-9(13)18-7/h2-3,6,16H,4-5,14H2,1H3,(H,15,17). The van der Waals surface area contributed by atoms with E-state index in [4.69, 9.17) is 17.3 Å². The number of carbonyl (C=O) groups is 1. The van der Waals surface area contributed by atoms with Gasteiger partial charge in [0, 0.05) is 18.5 Å². The molecule has 2 aromatic rings. The highest BCUT2D eigenvalue weighted by molar-refractivity contribution is 7.18. The second kappa shape index (κ2) is 6.27. The van der Waals surface area contributed by atoms with Crippen molar-refractivity contribution in [1.29, 1.82) is 0 Å². The number of thiophene rings is 2. The average molecular weight is 316 g/mol. The summed E-state index contributed by atoms with van der Waals surface area (Å²) in [5, 5.41) is 6.74. The van der Waals surface area contributed by atoms with E-state index in [0.29, 0.717) is 10.6 Å². The second-order valence-corrected chi connectivity index (χ2v) is 6.71. The molecule has 7 heteroatoms. The lowest BCUT2D eigenvalue weighted by atomic mass is 10.3. The van der Waals surface area contributed by atoms with E-state index in [9.17, 15) is 4.79 Å². The monoisotopic (exact) mass is 315 g/mol. The predicted octanol–water partition coefficient (Wildman–Crippen LogP) is 3.06. The normalized spacial score (nSPS) is 10.4. The van der Waals surface area contributed by atoms with Gasteiger partial charge < -0.3 is 16.4 Å². The minimum absolute atomic E-state index is 0.152. The molecule has 0 spiro atoms. The van der Waals surface area contributed by atoms with Crippen LogP contribution in [0.15, 0.2) is 18.2 Å². The highest BCUT2D eigenvalue weighted by Crippen LogP contribution is 2.29. The zero-order valence-corrected chi connectivity index (χ0v) is 12.7. The SMILES string of the molecule is CNC(=O)c1sc(NCCc2ccc(Cl)s2)cc1N. The third-order valence-electron chi connectivity index (χ3n) is 2.49. The van der Waals surface area contributed by atoms with Crippen LogP contribution in [0.3, 0.4) is 0 Å². The van der Waals surface area contributed by atoms with Gasteiger partial charge >= 0.3 is 0 Å². The molecule has 0 saturated carbocycles. The van der Waals surface area contributed by atoms with Gasteiger partial charge in [-0.25, -0.2) is 0 Å². The molecule has 1 amide bonds. The first-order valence-electron chi connectivity index (χ1n) is 5.69. The first-order chi connectivity index (χ1) is 9.10. The van der Waals surface area contributed by atoms with Crippen molar-refractivity contribution in [2.45, 2.75) is 6.42 Å². The van der Waals surface area contributed by atoms with Crippen LogP contribution in [0.4, 0.5) is 10.7 Å². The van der Waals surface area contributed by atoms with Crippen LogP contribution in [0.1, 0.15) is 14.5 Å². The third-order valence-corrected chi connectivity index (χ3v) is 4.89. The Kier molecular flexibility index (Phi) is 4.68. The molecule has 0 aliphatic heterocycles. The van der Waals surface area contributed by atoms with Crippen LogP contribution in [0.25, 0.3) is 0 Å². The van der Waals surface area contributed by atoms with Crippen LogP contribution in [-0.4, -0.2) is 19.5 Å². The number of carbonyl (C=O) groups excluding carboxylic acids is 1. The number of nitrogens with one attached hydrogen (secondary N) is 2. The van der Waals surface area contributed by atoms with Crippen LogP contribution >= 0.6 is 34.3 Å². The molecule has 0 radical (unpaired) electrons. The van der Waals surface area contributed by atoms with Gasteiger partial charge in [0.15, 0.2) is 0 Å². The maximum Gasteiger partial charge on any atom is 0.263 e. The summed E-state index contributed by atoms with van der Waals surface area (Å²) in [6.07, 6.45) is 0.893. The summed E-state index contributed by atoms with van der Waals surface area (Å²) in [5.41, 5.74) is 6.30. The molecule has 0 bridgehead atoms. The molecule has 4 N–H and O–H groups in total. The summed E-state index contributed by atoms with van der Waals surface area (Å²) in [6.45, 7) is 0.782. The van der Waals surface area contributed by atoms with Gasteiger partial charge in [-0.3, -0.25) is 4.79 Å². The topological polar surface area (TPSA) is 67.2 Å². The summed E-state index contributed by atoms with van der Waals surface area (Å²) in [7, 11) is 1.59. The van der Waals surface area contributed by atoms with Gasteiger partial charge in [-0.15, -0.1) is 22.7 Å². The minimum Gasteiger partial charge on any atom is -0.397 e. The molecule has 0 atom stereocenters. The van der Waals surface area contributed by atoms with Crippen molar-refractivity contribution in [1.82, 2.24) is 5.32 Å². The maximum atomic E-state index is 11.5. The number of amides is 1. The van der Waals surface area contributed by atoms with Crippen LogP contribution in [0.2, 0.25) is 4.34 Å². The molecule has 0 fully saturated rings. The van der Waals surface area contributed by atoms with Crippen LogP contribution in [-0.2, 0) is 6.42 Å². The number of halogens is 1. The Morgan fingerprint density at radius 2 is 2.21 bits per heavy atom. The predicted molar refractivity (Wildman–Crippen MR) is 83.6 cm³/mol. The Labute approximate surface area is 124 Å². The molecule has 0 aromatic carbocycles. The van der Waals surface area contributed by atoms with E-state index in [1.54, 1.807) is 24.5 Å². The second-order valence-electron chi connectivity index (χ2n) is 3.86. The first kappa shape index (κ1) is 14.2. The van der Waals surface area contributed by atoms with Crippen LogP contribution in [0.5, 0.6) is 0 Å². The van der Waals surface area contributed by atoms with Gasteiger partial charge in [0.1, 0.15) is 4.88 Å². The molecule has 2 heterocycles. The zero-order chi connectivity index (χ0) is 13.8. The first-order valence-corrected chi connectivity index (χ1v) is 7.70. The highest BCUT2D eigenvalue weighted by atomic mass is 35.5. The lowest BCUT2D eigenvalue weighted by molar-refractivity contribution is 0.0968. The fourth-order valence-corrected chi connectivity index (χ4v) is 3.62. The van der Waals surface area contributed by atoms with Crippen molar-refractivity contribution in [3.63, 3.8) is 0 Å². The van der Waals surface area contributed by atoms with Crippen LogP contribution < -0.4 is 16.4 Å². The summed E-state index contributed by atoms with van der Waals surface area (Å²) in [6, 6.07) is 5.71. The molecule has 2 rings (SSSR count). The van der Waals surface area contributed by atoms with Crippen molar-refractivity contribution in [3.05, 3.63) is 32.3 Å². The number of nitrogen functional groups attached to an aromatic ring is 1. The van der Waals surface area contributed by atoms with E-state index in [-0.39, 0.29) is 5.91 Å². The molecule has 102 valence electrons. The van der Waals surface area contributed by atoms with Gasteiger partial charge in [-0.1, -0.05) is 11.6 Å². The number of rotatable bonds is 5. The molecule has 0 aliphatic carbocycles. The molecule has 0 unspecified atom stereocenters. The Morgan fingerprint density at radius 1 is 1.42 bits per heavy atom. The van der Waals surface area contributed by atoms with Gasteiger partial charge in [0.2, 0.25) is 0 Å². The summed E-state index contributed by atoms with van der Waals surface area (Å²) < 4.78 is 0.803. The van der Waals surface area contributed by atoms with Gasteiger partial charge in [-0.05, 0) is 24.6 Å². The smallest absolute Gasteiger partial charge is 0.263 e. The number of nitrogens with two attached hydrogens (primary N) is 1. The number of hydrogen-bond acceptors (Lipinski definition) is 5. The quantitative estimate of drug-likeness (QED) is 0.794. The summed E-state index contributed by atoms with van der Waals surface area (Å²) in [5.74, 6) is -0.152. The average Bonchev–Trinajstić information content (AvgIpc) is 2.95. The molecular weight excluding hydrogens is 302 g/mol. The molecule has 4 nitrogen and oxygen atoms in total. The summed E-state index contributed by atoms with van der Waals surface area (Å²) in [4.78, 5) is 13.3. The van der Waals surface area contributed by atoms with E-state index in [1.165, 1.54) is 16.2 Å². The highest BCUT2D eigenvalue weighted by Gasteiger charge is 2.12. The van der Waals surface area contributed by atoms with Crippen molar-refractivity contribution in [2.75, 3.05) is 24.6 Å². The fourth-order valence-electron chi connectivity index (χ4n) is 1.58. The van der Waals surface area contributed by atoms with E-state index < -0.39 is 0 Å². The molecule has 19 heavy (non-hydrogen) atoms. The Bertz CT molecular complexity index is 579. The lowest BCUT2D eigenvalue weighted by Crippen LogP contribution is -2.17. The van der Waals surface area contributed by atoms with E-state index in [0.717, 1.165) is 22.3 Å². The summed E-state index contributed by atoms with van der Waals surface area (Å²) >= 11 is 8.81. The third kappa shape index (κ3) is 3.62. The Hall–Kier alpha value is -1.24. The molecule has 0 aliphatic rings. The molecule has 2 aromatic heterocycles. The van der Waals surface area contributed by atoms with E-state index in [2.05, 4.69) is 10.6 Å². The van der Waals surface area contributed by atoms with Crippen molar-refractivity contribution in [2.24, 2.45) is 0 Å². The number of hydrogen-bond donors (Lipinski definition) is 3. The van der Waals surface area contributed by atoms with Gasteiger partial charge in [-0.2, -0.15) is 0 Å². The van der Waals surface area contributed by atoms with E-state index >= 15 is 0 Å². The van der Waals surface area contributed by atoms with Crippen molar-refractivity contribution >= 4 is 50.9 Å². The van der Waals surface area contributed by atoms with Crippen LogP contribution in [0, 0.1) is 0 Å². The number of anilines is 2. The lowest BCUT2D eigenvalue weighted by Gasteiger charge is -2.01. The minimum atomic E-state index is -0.152. The maximum absolute atomic E-state index is 11.5. The van der Waals surface area contributed by atoms with E-state index in [1.807, 2.05) is 12.1 Å². The Balaban J connectivity index is 1.91. The van der Waals surface area contributed by atoms with Crippen molar-refractivity contribution in [3.8, 4) is 0 Å². The zero-order valence-electron chi connectivity index (χ0n) is 10.3. The largest absolute Gasteiger partial charge is 0.397 e. The van der Waals surface area contributed by atoms with Crippen molar-refractivity contribution < 1.29 is 4.79 Å². The molecule has 0 saturated heterocycles. The fraction of sp³-hybridized carbons (Fsp3) is 0.250. The Morgan fingerprint density at radius 3 is 2.84 bits per heavy atom.